The maximum absolute atomic E-state index is 12.3. The van der Waals surface area contributed by atoms with Crippen LogP contribution in [0.2, 0.25) is 0 Å². The lowest BCUT2D eigenvalue weighted by molar-refractivity contribution is 0.0946. The number of ether oxygens (including phenoxy) is 1. The van der Waals surface area contributed by atoms with Crippen molar-refractivity contribution < 1.29 is 9.53 Å². The topological polar surface area (TPSA) is 63.2 Å². The standard InChI is InChI=1S/C22H23N3O2/c1-27-20-9-7-17(8-10-20)11-13-23-19-12-14-24-21(15-19)22(26)25-16-18-5-3-2-4-6-18/h2-10,12,14-15H,11,13,16H2,1H3,(H,23,24)(H,25,26). The lowest BCUT2D eigenvalue weighted by Gasteiger charge is -2.09. The summed E-state index contributed by atoms with van der Waals surface area (Å²) < 4.78 is 5.17. The first-order valence-corrected chi connectivity index (χ1v) is 8.89. The second-order valence-electron chi connectivity index (χ2n) is 6.12. The summed E-state index contributed by atoms with van der Waals surface area (Å²) in [6, 6.07) is 21.5. The lowest BCUT2D eigenvalue weighted by atomic mass is 10.1. The number of amides is 1. The van der Waals surface area contributed by atoms with Crippen molar-refractivity contribution in [3.05, 3.63) is 89.7 Å². The molecule has 5 nitrogen and oxygen atoms in total. The zero-order valence-electron chi connectivity index (χ0n) is 15.3. The molecule has 0 radical (unpaired) electrons. The number of rotatable bonds is 8. The smallest absolute Gasteiger partial charge is 0.270 e. The molecule has 3 rings (SSSR count). The van der Waals surface area contributed by atoms with Gasteiger partial charge in [0.1, 0.15) is 11.4 Å². The third-order valence-corrected chi connectivity index (χ3v) is 4.19. The maximum atomic E-state index is 12.3. The summed E-state index contributed by atoms with van der Waals surface area (Å²) >= 11 is 0. The van der Waals surface area contributed by atoms with Crippen molar-refractivity contribution in [2.24, 2.45) is 0 Å². The highest BCUT2D eigenvalue weighted by Gasteiger charge is 2.07. The van der Waals surface area contributed by atoms with Gasteiger partial charge in [0, 0.05) is 25.0 Å². The molecule has 0 bridgehead atoms. The van der Waals surface area contributed by atoms with Gasteiger partial charge in [0.15, 0.2) is 0 Å². The molecule has 0 aliphatic carbocycles. The molecule has 3 aromatic rings. The number of aromatic nitrogens is 1. The van der Waals surface area contributed by atoms with Crippen LogP contribution in [0.1, 0.15) is 21.6 Å². The Bertz CT molecular complexity index is 864. The van der Waals surface area contributed by atoms with Crippen molar-refractivity contribution >= 4 is 11.6 Å². The molecule has 0 atom stereocenters. The molecule has 0 aliphatic rings. The van der Waals surface area contributed by atoms with Crippen LogP contribution in [0, 0.1) is 0 Å². The average molecular weight is 361 g/mol. The van der Waals surface area contributed by atoms with Crippen molar-refractivity contribution in [3.8, 4) is 5.75 Å². The molecule has 1 heterocycles. The molecule has 2 N–H and O–H groups in total. The van der Waals surface area contributed by atoms with Crippen LogP contribution in [-0.2, 0) is 13.0 Å². The Morgan fingerprint density at radius 3 is 2.52 bits per heavy atom. The molecular weight excluding hydrogens is 338 g/mol. The van der Waals surface area contributed by atoms with Gasteiger partial charge in [-0.2, -0.15) is 0 Å². The molecule has 1 aromatic heterocycles. The van der Waals surface area contributed by atoms with E-state index in [-0.39, 0.29) is 5.91 Å². The summed E-state index contributed by atoms with van der Waals surface area (Å²) in [5, 5.41) is 6.23. The predicted molar refractivity (Wildman–Crippen MR) is 107 cm³/mol. The van der Waals surface area contributed by atoms with Crippen LogP contribution in [0.3, 0.4) is 0 Å². The summed E-state index contributed by atoms with van der Waals surface area (Å²) in [6.45, 7) is 1.25. The number of nitrogens with zero attached hydrogens (tertiary/aromatic N) is 1. The SMILES string of the molecule is COc1ccc(CCNc2ccnc(C(=O)NCc3ccccc3)c2)cc1. The Hall–Kier alpha value is -3.34. The van der Waals surface area contributed by atoms with Crippen LogP contribution in [0.25, 0.3) is 0 Å². The zero-order chi connectivity index (χ0) is 18.9. The van der Waals surface area contributed by atoms with Crippen LogP contribution in [0.5, 0.6) is 5.75 Å². The van der Waals surface area contributed by atoms with Gasteiger partial charge in [-0.3, -0.25) is 9.78 Å². The number of anilines is 1. The minimum absolute atomic E-state index is 0.183. The largest absolute Gasteiger partial charge is 0.497 e. The number of benzene rings is 2. The van der Waals surface area contributed by atoms with Gasteiger partial charge in [0.2, 0.25) is 0 Å². The summed E-state index contributed by atoms with van der Waals surface area (Å²) in [5.41, 5.74) is 3.56. The first kappa shape index (κ1) is 18.5. The molecule has 0 saturated carbocycles. The van der Waals surface area contributed by atoms with E-state index in [4.69, 9.17) is 4.74 Å². The van der Waals surface area contributed by atoms with E-state index in [9.17, 15) is 4.79 Å². The Morgan fingerprint density at radius 2 is 1.78 bits per heavy atom. The number of carbonyl (C=O) groups is 1. The van der Waals surface area contributed by atoms with Gasteiger partial charge in [0.05, 0.1) is 7.11 Å². The quantitative estimate of drug-likeness (QED) is 0.642. The maximum Gasteiger partial charge on any atom is 0.270 e. The molecule has 2 aromatic carbocycles. The van der Waals surface area contributed by atoms with Crippen LogP contribution in [0.4, 0.5) is 5.69 Å². The van der Waals surface area contributed by atoms with E-state index in [2.05, 4.69) is 27.8 Å². The van der Waals surface area contributed by atoms with Gasteiger partial charge >= 0.3 is 0 Å². The lowest BCUT2D eigenvalue weighted by Crippen LogP contribution is -2.23. The highest BCUT2D eigenvalue weighted by molar-refractivity contribution is 5.93. The van der Waals surface area contributed by atoms with E-state index in [1.54, 1.807) is 19.4 Å². The van der Waals surface area contributed by atoms with Gasteiger partial charge in [-0.1, -0.05) is 42.5 Å². The van der Waals surface area contributed by atoms with Crippen molar-refractivity contribution in [2.75, 3.05) is 19.0 Å². The van der Waals surface area contributed by atoms with Gasteiger partial charge in [-0.25, -0.2) is 0 Å². The average Bonchev–Trinajstić information content (AvgIpc) is 2.73. The molecule has 0 fully saturated rings. The Morgan fingerprint density at radius 1 is 1.00 bits per heavy atom. The number of pyridine rings is 1. The fourth-order valence-corrected chi connectivity index (χ4v) is 2.68. The van der Waals surface area contributed by atoms with Crippen LogP contribution in [-0.4, -0.2) is 24.5 Å². The minimum atomic E-state index is -0.183. The fourth-order valence-electron chi connectivity index (χ4n) is 2.68. The van der Waals surface area contributed by atoms with E-state index >= 15 is 0 Å². The van der Waals surface area contributed by atoms with Gasteiger partial charge < -0.3 is 15.4 Å². The van der Waals surface area contributed by atoms with Crippen LogP contribution < -0.4 is 15.4 Å². The number of hydrogen-bond acceptors (Lipinski definition) is 4. The number of methoxy groups -OCH3 is 1. The normalized spacial score (nSPS) is 10.3. The van der Waals surface area contributed by atoms with Crippen molar-refractivity contribution in [1.29, 1.82) is 0 Å². The highest BCUT2D eigenvalue weighted by atomic mass is 16.5. The summed E-state index contributed by atoms with van der Waals surface area (Å²) in [4.78, 5) is 16.5. The van der Waals surface area contributed by atoms with Gasteiger partial charge in [-0.05, 0) is 41.8 Å². The molecule has 0 aliphatic heterocycles. The van der Waals surface area contributed by atoms with E-state index in [1.165, 1.54) is 5.56 Å². The molecule has 0 spiro atoms. The summed E-state index contributed by atoms with van der Waals surface area (Å²) in [6.07, 6.45) is 2.52. The Kier molecular flexibility index (Phi) is 6.41. The van der Waals surface area contributed by atoms with E-state index in [1.807, 2.05) is 48.5 Å². The van der Waals surface area contributed by atoms with E-state index < -0.39 is 0 Å². The van der Waals surface area contributed by atoms with Crippen molar-refractivity contribution in [2.45, 2.75) is 13.0 Å². The fraction of sp³-hybridized carbons (Fsp3) is 0.182. The number of hydrogen-bond donors (Lipinski definition) is 2. The Labute approximate surface area is 159 Å². The summed E-state index contributed by atoms with van der Waals surface area (Å²) in [7, 11) is 1.66. The van der Waals surface area contributed by atoms with Crippen LogP contribution >= 0.6 is 0 Å². The van der Waals surface area contributed by atoms with Gasteiger partial charge in [0.25, 0.3) is 5.91 Å². The highest BCUT2D eigenvalue weighted by Crippen LogP contribution is 2.13. The predicted octanol–water partition coefficient (Wildman–Crippen LogP) is 3.67. The molecule has 1 amide bonds. The van der Waals surface area contributed by atoms with E-state index in [0.29, 0.717) is 12.2 Å². The van der Waals surface area contributed by atoms with Gasteiger partial charge in [-0.15, -0.1) is 0 Å². The summed E-state index contributed by atoms with van der Waals surface area (Å²) in [5.74, 6) is 0.671. The molecule has 5 heteroatoms. The second-order valence-corrected chi connectivity index (χ2v) is 6.12. The first-order valence-electron chi connectivity index (χ1n) is 8.89. The monoisotopic (exact) mass is 361 g/mol. The molecule has 0 unspecified atom stereocenters. The molecule has 0 saturated heterocycles. The number of nitrogens with one attached hydrogen (secondary N) is 2. The zero-order valence-corrected chi connectivity index (χ0v) is 15.3. The number of carbonyl (C=O) groups excluding carboxylic acids is 1. The Balaban J connectivity index is 1.51. The third kappa shape index (κ3) is 5.57. The third-order valence-electron chi connectivity index (χ3n) is 4.19. The first-order chi connectivity index (χ1) is 13.2. The van der Waals surface area contributed by atoms with Crippen molar-refractivity contribution in [3.63, 3.8) is 0 Å². The van der Waals surface area contributed by atoms with E-state index in [0.717, 1.165) is 30.0 Å². The second kappa shape index (κ2) is 9.38. The van der Waals surface area contributed by atoms with Crippen LogP contribution in [0.15, 0.2) is 72.9 Å². The van der Waals surface area contributed by atoms with Crippen molar-refractivity contribution in [1.82, 2.24) is 10.3 Å². The molecule has 27 heavy (non-hydrogen) atoms. The molecule has 138 valence electrons. The minimum Gasteiger partial charge on any atom is -0.497 e. The molecular formula is C22H23N3O2.